The molecule has 0 spiro atoms. The average Bonchev–Trinajstić information content (AvgIpc) is 2.88. The summed E-state index contributed by atoms with van der Waals surface area (Å²) in [6.07, 6.45) is -0.285. The predicted molar refractivity (Wildman–Crippen MR) is 44.4 cm³/mol. The summed E-state index contributed by atoms with van der Waals surface area (Å²) in [5, 5.41) is 9.38. The Kier molecular flexibility index (Phi) is 2.13. The van der Waals surface area contributed by atoms with Crippen molar-refractivity contribution in [2.45, 2.75) is 25.2 Å². The van der Waals surface area contributed by atoms with E-state index in [1.807, 2.05) is 0 Å². The standard InChI is InChI=1S/C9H10O5/c1-4(10)13-3-5-2-6(11)8-9(14-8)7(5)12/h2,6,8-9,11H,3H2,1H3/t6-,8+,9-/m0/s1. The largest absolute Gasteiger partial charge is 0.461 e. The molecule has 0 bridgehead atoms. The first-order valence-corrected chi connectivity index (χ1v) is 4.31. The van der Waals surface area contributed by atoms with Crippen molar-refractivity contribution in [2.24, 2.45) is 0 Å². The molecule has 76 valence electrons. The van der Waals surface area contributed by atoms with Gasteiger partial charge < -0.3 is 14.6 Å². The van der Waals surface area contributed by atoms with E-state index < -0.39 is 18.2 Å². The Bertz CT molecular complexity index is 319. The van der Waals surface area contributed by atoms with Crippen LogP contribution in [0.15, 0.2) is 11.6 Å². The number of carbonyl (C=O) groups is 2. The number of esters is 1. The molecule has 0 aromatic carbocycles. The van der Waals surface area contributed by atoms with E-state index in [-0.39, 0.29) is 18.5 Å². The van der Waals surface area contributed by atoms with Crippen LogP contribution in [-0.2, 0) is 19.1 Å². The van der Waals surface area contributed by atoms with Gasteiger partial charge in [0.15, 0.2) is 5.78 Å². The summed E-state index contributed by atoms with van der Waals surface area (Å²) >= 11 is 0. The third-order valence-corrected chi connectivity index (χ3v) is 2.24. The van der Waals surface area contributed by atoms with E-state index in [0.29, 0.717) is 5.57 Å². The van der Waals surface area contributed by atoms with E-state index >= 15 is 0 Å². The number of hydrogen-bond acceptors (Lipinski definition) is 5. The molecule has 2 aliphatic rings. The number of epoxide rings is 1. The maximum Gasteiger partial charge on any atom is 0.302 e. The molecule has 1 aliphatic carbocycles. The van der Waals surface area contributed by atoms with Crippen LogP contribution < -0.4 is 0 Å². The first-order chi connectivity index (χ1) is 6.59. The highest BCUT2D eigenvalue weighted by atomic mass is 16.6. The van der Waals surface area contributed by atoms with Gasteiger partial charge in [0.05, 0.1) is 0 Å². The zero-order valence-corrected chi connectivity index (χ0v) is 7.60. The third-order valence-electron chi connectivity index (χ3n) is 2.24. The summed E-state index contributed by atoms with van der Waals surface area (Å²) in [7, 11) is 0. The third kappa shape index (κ3) is 1.56. The molecule has 1 heterocycles. The van der Waals surface area contributed by atoms with E-state index in [9.17, 15) is 14.7 Å². The van der Waals surface area contributed by atoms with Gasteiger partial charge in [0.2, 0.25) is 0 Å². The minimum absolute atomic E-state index is 0.0855. The van der Waals surface area contributed by atoms with Crippen molar-refractivity contribution in [2.75, 3.05) is 6.61 Å². The Morgan fingerprint density at radius 3 is 3.07 bits per heavy atom. The molecule has 0 aromatic rings. The van der Waals surface area contributed by atoms with E-state index in [2.05, 4.69) is 4.74 Å². The molecule has 1 fully saturated rings. The molecule has 0 amide bonds. The molecule has 3 atom stereocenters. The maximum atomic E-state index is 11.4. The van der Waals surface area contributed by atoms with Gasteiger partial charge in [-0.05, 0) is 6.08 Å². The van der Waals surface area contributed by atoms with Crippen molar-refractivity contribution in [3.05, 3.63) is 11.6 Å². The van der Waals surface area contributed by atoms with Crippen molar-refractivity contribution in [1.82, 2.24) is 0 Å². The van der Waals surface area contributed by atoms with Crippen molar-refractivity contribution < 1.29 is 24.2 Å². The van der Waals surface area contributed by atoms with Gasteiger partial charge in [0.1, 0.15) is 24.9 Å². The van der Waals surface area contributed by atoms with Crippen molar-refractivity contribution in [3.63, 3.8) is 0 Å². The van der Waals surface area contributed by atoms with E-state index in [1.54, 1.807) is 0 Å². The lowest BCUT2D eigenvalue weighted by atomic mass is 9.97. The summed E-state index contributed by atoms with van der Waals surface area (Å²) < 4.78 is 9.62. The molecule has 2 rings (SSSR count). The zero-order valence-electron chi connectivity index (χ0n) is 7.60. The molecule has 1 saturated heterocycles. The van der Waals surface area contributed by atoms with Gasteiger partial charge in [-0.1, -0.05) is 0 Å². The fraction of sp³-hybridized carbons (Fsp3) is 0.556. The molecule has 0 radical (unpaired) electrons. The number of ketones is 1. The zero-order chi connectivity index (χ0) is 10.3. The molecular weight excluding hydrogens is 188 g/mol. The lowest BCUT2D eigenvalue weighted by Crippen LogP contribution is -2.28. The van der Waals surface area contributed by atoms with Crippen LogP contribution in [0.2, 0.25) is 0 Å². The second-order valence-electron chi connectivity index (χ2n) is 3.35. The monoisotopic (exact) mass is 198 g/mol. The Morgan fingerprint density at radius 1 is 1.71 bits per heavy atom. The number of aliphatic hydroxyl groups is 1. The fourth-order valence-corrected chi connectivity index (χ4v) is 1.46. The lowest BCUT2D eigenvalue weighted by molar-refractivity contribution is -0.140. The summed E-state index contributed by atoms with van der Waals surface area (Å²) in [6, 6.07) is 0. The number of hydrogen-bond donors (Lipinski definition) is 1. The lowest BCUT2D eigenvalue weighted by Gasteiger charge is -2.11. The van der Waals surface area contributed by atoms with Gasteiger partial charge >= 0.3 is 5.97 Å². The van der Waals surface area contributed by atoms with Crippen LogP contribution in [0.1, 0.15) is 6.92 Å². The highest BCUT2D eigenvalue weighted by Crippen LogP contribution is 2.33. The Hall–Kier alpha value is -1.20. The topological polar surface area (TPSA) is 76.1 Å². The van der Waals surface area contributed by atoms with E-state index in [0.717, 1.165) is 0 Å². The highest BCUT2D eigenvalue weighted by Gasteiger charge is 2.52. The van der Waals surface area contributed by atoms with Crippen LogP contribution in [0.3, 0.4) is 0 Å². The predicted octanol–water partition coefficient (Wildman–Crippen LogP) is -0.813. The van der Waals surface area contributed by atoms with Crippen molar-refractivity contribution in [1.29, 1.82) is 0 Å². The SMILES string of the molecule is CC(=O)OCC1=C[C@H](O)[C@H]2O[C@H]2C1=O. The minimum Gasteiger partial charge on any atom is -0.461 e. The molecule has 5 nitrogen and oxygen atoms in total. The average molecular weight is 198 g/mol. The van der Waals surface area contributed by atoms with Gasteiger partial charge in [0.25, 0.3) is 0 Å². The maximum absolute atomic E-state index is 11.4. The van der Waals surface area contributed by atoms with Crippen LogP contribution in [-0.4, -0.2) is 41.8 Å². The van der Waals surface area contributed by atoms with Crippen LogP contribution in [0.4, 0.5) is 0 Å². The number of carbonyl (C=O) groups excluding carboxylic acids is 2. The van der Waals surface area contributed by atoms with Crippen LogP contribution >= 0.6 is 0 Å². The number of ether oxygens (including phenoxy) is 2. The second kappa shape index (κ2) is 3.18. The van der Waals surface area contributed by atoms with Crippen LogP contribution in [0.25, 0.3) is 0 Å². The van der Waals surface area contributed by atoms with Gasteiger partial charge in [-0.25, -0.2) is 0 Å². The molecule has 14 heavy (non-hydrogen) atoms. The van der Waals surface area contributed by atoms with Gasteiger partial charge in [0, 0.05) is 12.5 Å². The Labute approximate surface area is 80.3 Å². The summed E-state index contributed by atoms with van der Waals surface area (Å²) in [5.41, 5.74) is 0.312. The van der Waals surface area contributed by atoms with Gasteiger partial charge in [-0.2, -0.15) is 0 Å². The number of rotatable bonds is 2. The second-order valence-corrected chi connectivity index (χ2v) is 3.35. The molecule has 1 aliphatic heterocycles. The first-order valence-electron chi connectivity index (χ1n) is 4.31. The van der Waals surface area contributed by atoms with Gasteiger partial charge in [-0.15, -0.1) is 0 Å². The van der Waals surface area contributed by atoms with Crippen molar-refractivity contribution in [3.8, 4) is 0 Å². The number of fused-ring (bicyclic) bond motifs is 1. The molecule has 1 N–H and O–H groups in total. The summed E-state index contributed by atoms with van der Waals surface area (Å²) in [6.45, 7) is 1.18. The molecule has 0 saturated carbocycles. The smallest absolute Gasteiger partial charge is 0.302 e. The molecular formula is C9H10O5. The Balaban J connectivity index is 2.03. The van der Waals surface area contributed by atoms with Crippen LogP contribution in [0, 0.1) is 0 Å². The quantitative estimate of drug-likeness (QED) is 0.463. The Morgan fingerprint density at radius 2 is 2.43 bits per heavy atom. The minimum atomic E-state index is -0.761. The van der Waals surface area contributed by atoms with E-state index in [4.69, 9.17) is 4.74 Å². The van der Waals surface area contributed by atoms with E-state index in [1.165, 1.54) is 13.0 Å². The number of Topliss-reactive ketones (excluding diaryl/α,β-unsaturated/α-hetero) is 1. The molecule has 0 unspecified atom stereocenters. The summed E-state index contributed by atoms with van der Waals surface area (Å²) in [4.78, 5) is 21.9. The van der Waals surface area contributed by atoms with Crippen molar-refractivity contribution >= 4 is 11.8 Å². The normalized spacial score (nSPS) is 34.6. The highest BCUT2D eigenvalue weighted by molar-refractivity contribution is 6.02. The summed E-state index contributed by atoms with van der Waals surface area (Å²) in [5.74, 6) is -0.645. The molecule has 5 heteroatoms. The van der Waals surface area contributed by atoms with Gasteiger partial charge in [-0.3, -0.25) is 9.59 Å². The molecule has 0 aromatic heterocycles. The first kappa shape index (κ1) is 9.36. The fourth-order valence-electron chi connectivity index (χ4n) is 1.46. The van der Waals surface area contributed by atoms with Crippen LogP contribution in [0.5, 0.6) is 0 Å². The number of aliphatic hydroxyl groups excluding tert-OH is 1.